The van der Waals surface area contributed by atoms with E-state index in [-0.39, 0.29) is 0 Å². The van der Waals surface area contributed by atoms with Gasteiger partial charge in [0.25, 0.3) is 0 Å². The fourth-order valence-corrected chi connectivity index (χ4v) is 1.77. The monoisotopic (exact) mass is 184 g/mol. The Labute approximate surface area is 83.0 Å². The Morgan fingerprint density at radius 2 is 1.86 bits per heavy atom. The first-order valence-corrected chi connectivity index (χ1v) is 5.02. The minimum absolute atomic E-state index is 0.841. The summed E-state index contributed by atoms with van der Waals surface area (Å²) in [6.45, 7) is 0. The molecule has 0 aliphatic heterocycles. The summed E-state index contributed by atoms with van der Waals surface area (Å²) in [5, 5.41) is 6.77. The van der Waals surface area contributed by atoms with Crippen LogP contribution in [0.1, 0.15) is 24.3 Å². The molecule has 3 rings (SSSR count). The lowest BCUT2D eigenvalue weighted by molar-refractivity contribution is 1.09. The quantitative estimate of drug-likeness (QED) is 0.763. The molecule has 70 valence electrons. The van der Waals surface area contributed by atoms with Gasteiger partial charge in [-0.25, -0.2) is 0 Å². The topological polar surface area (TPSA) is 28.7 Å². The highest BCUT2D eigenvalue weighted by Gasteiger charge is 2.22. The second kappa shape index (κ2) is 2.98. The molecule has 1 aromatic carbocycles. The molecule has 0 amide bonds. The lowest BCUT2D eigenvalue weighted by Crippen LogP contribution is -1.79. The van der Waals surface area contributed by atoms with Crippen molar-refractivity contribution in [1.82, 2.24) is 10.2 Å². The molecule has 0 atom stereocenters. The Morgan fingerprint density at radius 3 is 2.43 bits per heavy atom. The molecular weight excluding hydrogens is 172 g/mol. The number of benzene rings is 1. The normalized spacial score (nSPS) is 15.7. The number of nitrogens with zero attached hydrogens (tertiary/aromatic N) is 1. The van der Waals surface area contributed by atoms with E-state index in [2.05, 4.69) is 34.5 Å². The Kier molecular flexibility index (Phi) is 1.66. The van der Waals surface area contributed by atoms with Crippen molar-refractivity contribution in [2.75, 3.05) is 0 Å². The number of nitrogens with one attached hydrogen (secondary N) is 1. The number of hydrogen-bond acceptors (Lipinski definition) is 1. The maximum Gasteiger partial charge on any atom is 0.0565 e. The Balaban J connectivity index is 1.93. The maximum atomic E-state index is 3.94. The predicted molar refractivity (Wildman–Crippen MR) is 56.0 cm³/mol. The number of hydrogen-bond donors (Lipinski definition) is 1. The van der Waals surface area contributed by atoms with Gasteiger partial charge < -0.3 is 0 Å². The SMILES string of the molecule is c1cc(C2CC2)ccc1-c1cn[nH]c1. The minimum atomic E-state index is 0.841. The van der Waals surface area contributed by atoms with Gasteiger partial charge in [0.15, 0.2) is 0 Å². The van der Waals surface area contributed by atoms with Gasteiger partial charge in [0.1, 0.15) is 0 Å². The van der Waals surface area contributed by atoms with Crippen LogP contribution in [0.5, 0.6) is 0 Å². The average molecular weight is 184 g/mol. The summed E-state index contributed by atoms with van der Waals surface area (Å²) < 4.78 is 0. The summed E-state index contributed by atoms with van der Waals surface area (Å²) in [7, 11) is 0. The molecule has 1 aliphatic carbocycles. The molecule has 2 heteroatoms. The van der Waals surface area contributed by atoms with Crippen molar-refractivity contribution in [2.45, 2.75) is 18.8 Å². The van der Waals surface area contributed by atoms with Gasteiger partial charge >= 0.3 is 0 Å². The first-order valence-electron chi connectivity index (χ1n) is 5.02. The van der Waals surface area contributed by atoms with Crippen molar-refractivity contribution < 1.29 is 0 Å². The fourth-order valence-electron chi connectivity index (χ4n) is 1.77. The largest absolute Gasteiger partial charge is 0.285 e. The summed E-state index contributed by atoms with van der Waals surface area (Å²) in [5.74, 6) is 0.841. The van der Waals surface area contributed by atoms with Gasteiger partial charge in [0.2, 0.25) is 0 Å². The predicted octanol–water partition coefficient (Wildman–Crippen LogP) is 2.95. The summed E-state index contributed by atoms with van der Waals surface area (Å²) in [6.07, 6.45) is 6.51. The van der Waals surface area contributed by atoms with Crippen LogP contribution in [-0.4, -0.2) is 10.2 Å². The minimum Gasteiger partial charge on any atom is -0.285 e. The Bertz CT molecular complexity index is 410. The molecule has 0 radical (unpaired) electrons. The van der Waals surface area contributed by atoms with Crippen molar-refractivity contribution in [3.8, 4) is 11.1 Å². The molecule has 1 aliphatic rings. The van der Waals surface area contributed by atoms with Crippen LogP contribution in [0.2, 0.25) is 0 Å². The van der Waals surface area contributed by atoms with E-state index in [0.29, 0.717) is 0 Å². The molecule has 0 spiro atoms. The lowest BCUT2D eigenvalue weighted by atomic mass is 10.1. The summed E-state index contributed by atoms with van der Waals surface area (Å²) in [5.41, 5.74) is 3.88. The lowest BCUT2D eigenvalue weighted by Gasteiger charge is -1.99. The van der Waals surface area contributed by atoms with Gasteiger partial charge in [-0.05, 0) is 29.9 Å². The van der Waals surface area contributed by atoms with Crippen LogP contribution in [0, 0.1) is 0 Å². The first-order chi connectivity index (χ1) is 6.93. The van der Waals surface area contributed by atoms with Gasteiger partial charge in [0.05, 0.1) is 6.20 Å². The van der Waals surface area contributed by atoms with E-state index < -0.39 is 0 Å². The van der Waals surface area contributed by atoms with Crippen molar-refractivity contribution in [2.24, 2.45) is 0 Å². The standard InChI is InChI=1S/C12H12N2/c1-2-9(1)10-3-5-11(6-4-10)12-7-13-14-8-12/h3-9H,1-2H2,(H,13,14). The van der Waals surface area contributed by atoms with Crippen LogP contribution < -0.4 is 0 Å². The third kappa shape index (κ3) is 1.33. The number of aromatic nitrogens is 2. The highest BCUT2D eigenvalue weighted by Crippen LogP contribution is 2.40. The highest BCUT2D eigenvalue weighted by atomic mass is 15.1. The van der Waals surface area contributed by atoms with Gasteiger partial charge in [0, 0.05) is 11.8 Å². The molecule has 0 bridgehead atoms. The van der Waals surface area contributed by atoms with Gasteiger partial charge in [-0.2, -0.15) is 5.10 Å². The molecule has 1 fully saturated rings. The maximum absolute atomic E-state index is 3.94. The van der Waals surface area contributed by atoms with Crippen LogP contribution >= 0.6 is 0 Å². The van der Waals surface area contributed by atoms with Crippen LogP contribution in [0.4, 0.5) is 0 Å². The second-order valence-electron chi connectivity index (χ2n) is 3.88. The van der Waals surface area contributed by atoms with Crippen molar-refractivity contribution >= 4 is 0 Å². The van der Waals surface area contributed by atoms with Crippen LogP contribution in [0.15, 0.2) is 36.7 Å². The van der Waals surface area contributed by atoms with E-state index in [1.807, 2.05) is 12.4 Å². The number of H-pyrrole nitrogens is 1. The molecule has 1 N–H and O–H groups in total. The third-order valence-corrected chi connectivity index (χ3v) is 2.79. The molecule has 1 aromatic heterocycles. The van der Waals surface area contributed by atoms with E-state index in [1.165, 1.54) is 24.0 Å². The fraction of sp³-hybridized carbons (Fsp3) is 0.250. The first kappa shape index (κ1) is 7.80. The van der Waals surface area contributed by atoms with E-state index in [1.54, 1.807) is 0 Å². The molecular formula is C12H12N2. The second-order valence-corrected chi connectivity index (χ2v) is 3.88. The molecule has 1 saturated carbocycles. The number of rotatable bonds is 2. The van der Waals surface area contributed by atoms with E-state index >= 15 is 0 Å². The van der Waals surface area contributed by atoms with Crippen molar-refractivity contribution in [3.63, 3.8) is 0 Å². The number of aromatic amines is 1. The molecule has 2 nitrogen and oxygen atoms in total. The highest BCUT2D eigenvalue weighted by molar-refractivity contribution is 5.61. The summed E-state index contributed by atoms with van der Waals surface area (Å²) >= 11 is 0. The molecule has 0 unspecified atom stereocenters. The van der Waals surface area contributed by atoms with Crippen molar-refractivity contribution in [1.29, 1.82) is 0 Å². The van der Waals surface area contributed by atoms with E-state index in [9.17, 15) is 0 Å². The smallest absolute Gasteiger partial charge is 0.0565 e. The van der Waals surface area contributed by atoms with E-state index in [4.69, 9.17) is 0 Å². The van der Waals surface area contributed by atoms with Crippen molar-refractivity contribution in [3.05, 3.63) is 42.2 Å². The average Bonchev–Trinajstić information content (AvgIpc) is 2.94. The third-order valence-electron chi connectivity index (χ3n) is 2.79. The van der Waals surface area contributed by atoms with Gasteiger partial charge in [-0.1, -0.05) is 24.3 Å². The van der Waals surface area contributed by atoms with E-state index in [0.717, 1.165) is 11.5 Å². The van der Waals surface area contributed by atoms with Gasteiger partial charge in [-0.15, -0.1) is 0 Å². The molecule has 14 heavy (non-hydrogen) atoms. The van der Waals surface area contributed by atoms with Gasteiger partial charge in [-0.3, -0.25) is 5.10 Å². The molecule has 2 aromatic rings. The zero-order valence-electron chi connectivity index (χ0n) is 7.90. The Hall–Kier alpha value is -1.57. The summed E-state index contributed by atoms with van der Waals surface area (Å²) in [6, 6.07) is 8.83. The molecule has 1 heterocycles. The molecule has 0 saturated heterocycles. The van der Waals surface area contributed by atoms with Crippen LogP contribution in [0.3, 0.4) is 0 Å². The zero-order valence-corrected chi connectivity index (χ0v) is 7.90. The Morgan fingerprint density at radius 1 is 1.07 bits per heavy atom. The summed E-state index contributed by atoms with van der Waals surface area (Å²) in [4.78, 5) is 0. The zero-order chi connectivity index (χ0) is 9.38. The van der Waals surface area contributed by atoms with Crippen LogP contribution in [0.25, 0.3) is 11.1 Å². The van der Waals surface area contributed by atoms with Crippen LogP contribution in [-0.2, 0) is 0 Å².